The van der Waals surface area contributed by atoms with Gasteiger partial charge in [0.1, 0.15) is 0 Å². The lowest BCUT2D eigenvalue weighted by molar-refractivity contribution is -0.155. The highest BCUT2D eigenvalue weighted by Gasteiger charge is 2.37. The largest absolute Gasteiger partial charge is 0.452 e. The molecule has 1 heterocycles. The molecule has 2 aromatic carbocycles. The van der Waals surface area contributed by atoms with Crippen LogP contribution in [0.5, 0.6) is 0 Å². The Balaban J connectivity index is 1.49. The van der Waals surface area contributed by atoms with Crippen molar-refractivity contribution in [2.75, 3.05) is 13.1 Å². The van der Waals surface area contributed by atoms with Crippen LogP contribution in [0, 0.1) is 11.8 Å². The highest BCUT2D eigenvalue weighted by atomic mass is 16.5. The van der Waals surface area contributed by atoms with E-state index in [1.54, 1.807) is 0 Å². The Bertz CT molecular complexity index is 746. The van der Waals surface area contributed by atoms with Crippen molar-refractivity contribution in [1.82, 2.24) is 4.90 Å². The van der Waals surface area contributed by atoms with Crippen molar-refractivity contribution >= 4 is 11.9 Å². The van der Waals surface area contributed by atoms with Crippen LogP contribution in [-0.4, -0.2) is 29.9 Å². The normalized spacial score (nSPS) is 19.7. The second-order valence-electron chi connectivity index (χ2n) is 7.54. The molecule has 0 bridgehead atoms. The van der Waals surface area contributed by atoms with Gasteiger partial charge in [0.05, 0.1) is 5.92 Å². The van der Waals surface area contributed by atoms with E-state index >= 15 is 0 Å². The molecule has 2 aliphatic rings. The van der Waals surface area contributed by atoms with Gasteiger partial charge in [-0.05, 0) is 36.8 Å². The zero-order valence-corrected chi connectivity index (χ0v) is 15.4. The molecule has 0 N–H and O–H groups in total. The molecule has 4 heteroatoms. The highest BCUT2D eigenvalue weighted by Crippen LogP contribution is 2.33. The Morgan fingerprint density at radius 2 is 1.44 bits per heavy atom. The van der Waals surface area contributed by atoms with E-state index in [0.29, 0.717) is 6.54 Å². The minimum atomic E-state index is -0.422. The Morgan fingerprint density at radius 1 is 0.852 bits per heavy atom. The summed E-state index contributed by atoms with van der Waals surface area (Å²) >= 11 is 0. The first-order chi connectivity index (χ1) is 13.2. The summed E-state index contributed by atoms with van der Waals surface area (Å²) in [4.78, 5) is 27.2. The number of amides is 1. The molecule has 1 aliphatic carbocycles. The molecule has 4 rings (SSSR count). The van der Waals surface area contributed by atoms with Crippen molar-refractivity contribution in [3.05, 3.63) is 71.8 Å². The van der Waals surface area contributed by atoms with Crippen LogP contribution in [0.15, 0.2) is 60.7 Å². The van der Waals surface area contributed by atoms with E-state index in [-0.39, 0.29) is 23.7 Å². The average Bonchev–Trinajstić information content (AvgIpc) is 3.58. The number of carbonyl (C=O) groups is 2. The standard InChI is InChI=1S/C23H25NO3/c25-22(19-13-14-19)24-15-7-12-20(16-24)23(26)27-21(17-8-3-1-4-9-17)18-10-5-2-6-11-18/h1-6,8-11,19-21H,7,12-16H2. The Hall–Kier alpha value is -2.62. The van der Waals surface area contributed by atoms with Crippen molar-refractivity contribution in [1.29, 1.82) is 0 Å². The minimum absolute atomic E-state index is 0.196. The molecule has 1 amide bonds. The number of carbonyl (C=O) groups excluding carboxylic acids is 2. The summed E-state index contributed by atoms with van der Waals surface area (Å²) in [6.07, 6.45) is 3.21. The van der Waals surface area contributed by atoms with E-state index < -0.39 is 6.10 Å². The Labute approximate surface area is 160 Å². The predicted molar refractivity (Wildman–Crippen MR) is 103 cm³/mol. The molecule has 2 fully saturated rings. The van der Waals surface area contributed by atoms with E-state index in [4.69, 9.17) is 4.74 Å². The summed E-state index contributed by atoms with van der Waals surface area (Å²) in [7, 11) is 0. The number of hydrogen-bond acceptors (Lipinski definition) is 3. The monoisotopic (exact) mass is 363 g/mol. The van der Waals surface area contributed by atoms with Crippen molar-refractivity contribution in [2.24, 2.45) is 11.8 Å². The zero-order chi connectivity index (χ0) is 18.6. The molecule has 0 radical (unpaired) electrons. The summed E-state index contributed by atoms with van der Waals surface area (Å²) in [6.45, 7) is 1.25. The highest BCUT2D eigenvalue weighted by molar-refractivity contribution is 5.82. The fraction of sp³-hybridized carbons (Fsp3) is 0.391. The molecule has 1 saturated heterocycles. The number of likely N-dealkylation sites (tertiary alicyclic amines) is 1. The van der Waals surface area contributed by atoms with Gasteiger partial charge in [-0.2, -0.15) is 0 Å². The third kappa shape index (κ3) is 4.21. The molecule has 1 atom stereocenters. The van der Waals surface area contributed by atoms with Gasteiger partial charge >= 0.3 is 5.97 Å². The number of hydrogen-bond donors (Lipinski definition) is 0. The Morgan fingerprint density at radius 3 is 2.00 bits per heavy atom. The fourth-order valence-electron chi connectivity index (χ4n) is 3.75. The lowest BCUT2D eigenvalue weighted by Crippen LogP contribution is -2.43. The van der Waals surface area contributed by atoms with Gasteiger partial charge in [-0.15, -0.1) is 0 Å². The second-order valence-corrected chi connectivity index (χ2v) is 7.54. The van der Waals surface area contributed by atoms with Crippen LogP contribution in [-0.2, 0) is 14.3 Å². The molecule has 2 aromatic rings. The van der Waals surface area contributed by atoms with Gasteiger partial charge in [0.15, 0.2) is 6.10 Å². The third-order valence-electron chi connectivity index (χ3n) is 5.43. The van der Waals surface area contributed by atoms with Gasteiger partial charge in [-0.1, -0.05) is 60.7 Å². The molecule has 0 spiro atoms. The number of esters is 1. The van der Waals surface area contributed by atoms with Crippen LogP contribution >= 0.6 is 0 Å². The predicted octanol–water partition coefficient (Wildman–Crippen LogP) is 3.97. The van der Waals surface area contributed by atoms with E-state index in [2.05, 4.69) is 0 Å². The fourth-order valence-corrected chi connectivity index (χ4v) is 3.75. The van der Waals surface area contributed by atoms with Crippen molar-refractivity contribution in [3.8, 4) is 0 Å². The van der Waals surface area contributed by atoms with E-state index in [1.165, 1.54) is 0 Å². The van der Waals surface area contributed by atoms with Crippen LogP contribution in [0.4, 0.5) is 0 Å². The maximum Gasteiger partial charge on any atom is 0.311 e. The summed E-state index contributed by atoms with van der Waals surface area (Å²) in [5, 5.41) is 0. The molecule has 140 valence electrons. The van der Waals surface area contributed by atoms with Gasteiger partial charge in [0.2, 0.25) is 5.91 Å². The van der Waals surface area contributed by atoms with Crippen LogP contribution in [0.1, 0.15) is 42.9 Å². The topological polar surface area (TPSA) is 46.6 Å². The number of nitrogens with zero attached hydrogens (tertiary/aromatic N) is 1. The van der Waals surface area contributed by atoms with Crippen molar-refractivity contribution < 1.29 is 14.3 Å². The van der Waals surface area contributed by atoms with E-state index in [1.807, 2.05) is 65.6 Å². The van der Waals surface area contributed by atoms with Gasteiger partial charge in [0.25, 0.3) is 0 Å². The van der Waals surface area contributed by atoms with Crippen molar-refractivity contribution in [3.63, 3.8) is 0 Å². The number of ether oxygens (including phenoxy) is 1. The van der Waals surface area contributed by atoms with Crippen LogP contribution < -0.4 is 0 Å². The zero-order valence-electron chi connectivity index (χ0n) is 15.4. The van der Waals surface area contributed by atoms with E-state index in [0.717, 1.165) is 43.4 Å². The summed E-state index contributed by atoms with van der Waals surface area (Å²) in [5.74, 6) is -0.0336. The number of piperidine rings is 1. The van der Waals surface area contributed by atoms with Gasteiger partial charge in [-0.3, -0.25) is 9.59 Å². The molecule has 0 aromatic heterocycles. The molecular weight excluding hydrogens is 338 g/mol. The first kappa shape index (κ1) is 17.8. The first-order valence-corrected chi connectivity index (χ1v) is 9.81. The SMILES string of the molecule is O=C(OC(c1ccccc1)c1ccccc1)C1CCCN(C(=O)C2CC2)C1. The summed E-state index contributed by atoms with van der Waals surface area (Å²) in [6, 6.07) is 19.6. The maximum atomic E-state index is 12.9. The van der Waals surface area contributed by atoms with Gasteiger partial charge in [-0.25, -0.2) is 0 Å². The summed E-state index contributed by atoms with van der Waals surface area (Å²) in [5.41, 5.74) is 1.91. The number of rotatable bonds is 5. The number of benzene rings is 2. The lowest BCUT2D eigenvalue weighted by Gasteiger charge is -2.32. The van der Waals surface area contributed by atoms with Crippen LogP contribution in [0.2, 0.25) is 0 Å². The van der Waals surface area contributed by atoms with Crippen LogP contribution in [0.25, 0.3) is 0 Å². The van der Waals surface area contributed by atoms with Gasteiger partial charge < -0.3 is 9.64 Å². The van der Waals surface area contributed by atoms with Crippen LogP contribution in [0.3, 0.4) is 0 Å². The second kappa shape index (κ2) is 7.95. The molecule has 1 saturated carbocycles. The average molecular weight is 363 g/mol. The quantitative estimate of drug-likeness (QED) is 0.755. The smallest absolute Gasteiger partial charge is 0.311 e. The molecule has 27 heavy (non-hydrogen) atoms. The maximum absolute atomic E-state index is 12.9. The molecule has 1 unspecified atom stereocenters. The molecular formula is C23H25NO3. The first-order valence-electron chi connectivity index (χ1n) is 9.81. The molecule has 1 aliphatic heterocycles. The summed E-state index contributed by atoms with van der Waals surface area (Å²) < 4.78 is 5.99. The Kier molecular flexibility index (Phi) is 5.23. The van der Waals surface area contributed by atoms with Gasteiger partial charge in [0, 0.05) is 19.0 Å². The van der Waals surface area contributed by atoms with Crippen molar-refractivity contribution in [2.45, 2.75) is 31.8 Å². The molecule has 4 nitrogen and oxygen atoms in total. The minimum Gasteiger partial charge on any atom is -0.452 e. The lowest BCUT2D eigenvalue weighted by atomic mass is 9.97. The van der Waals surface area contributed by atoms with E-state index in [9.17, 15) is 9.59 Å². The third-order valence-corrected chi connectivity index (χ3v) is 5.43.